The van der Waals surface area contributed by atoms with Crippen molar-refractivity contribution in [3.63, 3.8) is 0 Å². The standard InChI is InChI=1S/C18H35NO2/c1-2-3-4-5-6-7-8-9-13-16-18(20)21-19-17-14-11-10-12-15-17/h17,19H,2-16H2,1H3. The largest absolute Gasteiger partial charge is 0.370 e. The maximum absolute atomic E-state index is 11.6. The zero-order valence-electron chi connectivity index (χ0n) is 14.0. The van der Waals surface area contributed by atoms with Crippen molar-refractivity contribution in [3.05, 3.63) is 0 Å². The van der Waals surface area contributed by atoms with Crippen LogP contribution in [0.25, 0.3) is 0 Å². The molecule has 1 saturated carbocycles. The Hall–Kier alpha value is -0.570. The maximum Gasteiger partial charge on any atom is 0.324 e. The molecule has 1 N–H and O–H groups in total. The zero-order valence-corrected chi connectivity index (χ0v) is 14.0. The molecule has 1 aliphatic rings. The monoisotopic (exact) mass is 297 g/mol. The van der Waals surface area contributed by atoms with Crippen molar-refractivity contribution in [2.75, 3.05) is 0 Å². The molecule has 3 nitrogen and oxygen atoms in total. The summed E-state index contributed by atoms with van der Waals surface area (Å²) < 4.78 is 0. The number of hydrogen-bond donors (Lipinski definition) is 1. The summed E-state index contributed by atoms with van der Waals surface area (Å²) in [5, 5.41) is 0. The second kappa shape index (κ2) is 13.1. The van der Waals surface area contributed by atoms with Gasteiger partial charge >= 0.3 is 5.97 Å². The lowest BCUT2D eigenvalue weighted by atomic mass is 9.96. The third kappa shape index (κ3) is 10.8. The van der Waals surface area contributed by atoms with Crippen LogP contribution in [0, 0.1) is 0 Å². The van der Waals surface area contributed by atoms with Gasteiger partial charge in [-0.3, -0.25) is 4.79 Å². The van der Waals surface area contributed by atoms with Crippen molar-refractivity contribution in [2.45, 2.75) is 109 Å². The van der Waals surface area contributed by atoms with Crippen LogP contribution in [0.4, 0.5) is 0 Å². The van der Waals surface area contributed by atoms with Gasteiger partial charge in [-0.15, -0.1) is 0 Å². The quantitative estimate of drug-likeness (QED) is 0.393. The van der Waals surface area contributed by atoms with Crippen LogP contribution in [-0.2, 0) is 9.63 Å². The first-order valence-electron chi connectivity index (χ1n) is 9.28. The summed E-state index contributed by atoms with van der Waals surface area (Å²) in [5.41, 5.74) is 2.95. The van der Waals surface area contributed by atoms with Gasteiger partial charge in [0.05, 0.1) is 0 Å². The zero-order chi connectivity index (χ0) is 15.2. The minimum Gasteiger partial charge on any atom is -0.370 e. The normalized spacial score (nSPS) is 16.0. The lowest BCUT2D eigenvalue weighted by Gasteiger charge is -2.21. The maximum atomic E-state index is 11.6. The van der Waals surface area contributed by atoms with Crippen LogP contribution in [-0.4, -0.2) is 12.0 Å². The van der Waals surface area contributed by atoms with E-state index in [0.717, 1.165) is 25.7 Å². The molecule has 0 amide bonds. The Balaban J connectivity index is 1.82. The number of nitrogens with one attached hydrogen (secondary N) is 1. The molecule has 0 bridgehead atoms. The van der Waals surface area contributed by atoms with Crippen molar-refractivity contribution in [3.8, 4) is 0 Å². The van der Waals surface area contributed by atoms with E-state index in [1.165, 1.54) is 64.2 Å². The molecule has 1 rings (SSSR count). The number of hydrogen-bond acceptors (Lipinski definition) is 3. The molecule has 0 aromatic rings. The first-order chi connectivity index (χ1) is 10.3. The number of carbonyl (C=O) groups is 1. The second-order valence-electron chi connectivity index (χ2n) is 6.51. The topological polar surface area (TPSA) is 38.3 Å². The van der Waals surface area contributed by atoms with Gasteiger partial charge in [0, 0.05) is 12.5 Å². The van der Waals surface area contributed by atoms with E-state index in [0.29, 0.717) is 12.5 Å². The molecule has 0 radical (unpaired) electrons. The highest BCUT2D eigenvalue weighted by atomic mass is 16.7. The third-order valence-corrected chi connectivity index (χ3v) is 4.43. The van der Waals surface area contributed by atoms with E-state index in [9.17, 15) is 4.79 Å². The molecular formula is C18H35NO2. The van der Waals surface area contributed by atoms with Gasteiger partial charge in [-0.25, -0.2) is 0 Å². The van der Waals surface area contributed by atoms with Crippen LogP contribution in [0.2, 0.25) is 0 Å². The predicted octanol–water partition coefficient (Wildman–Crippen LogP) is 5.29. The number of unbranched alkanes of at least 4 members (excludes halogenated alkanes) is 8. The van der Waals surface area contributed by atoms with Crippen LogP contribution in [0.3, 0.4) is 0 Å². The summed E-state index contributed by atoms with van der Waals surface area (Å²) in [6.45, 7) is 2.25. The second-order valence-corrected chi connectivity index (χ2v) is 6.51. The molecule has 0 heterocycles. The number of hydroxylamine groups is 1. The van der Waals surface area contributed by atoms with Gasteiger partial charge in [0.25, 0.3) is 0 Å². The summed E-state index contributed by atoms with van der Waals surface area (Å²) >= 11 is 0. The lowest BCUT2D eigenvalue weighted by Crippen LogP contribution is -2.33. The molecule has 0 spiro atoms. The smallest absolute Gasteiger partial charge is 0.324 e. The Morgan fingerprint density at radius 1 is 0.905 bits per heavy atom. The van der Waals surface area contributed by atoms with Crippen molar-refractivity contribution in [1.29, 1.82) is 0 Å². The highest BCUT2D eigenvalue weighted by molar-refractivity contribution is 5.68. The minimum absolute atomic E-state index is 0.0801. The van der Waals surface area contributed by atoms with Gasteiger partial charge in [0.15, 0.2) is 0 Å². The van der Waals surface area contributed by atoms with Crippen molar-refractivity contribution in [2.24, 2.45) is 0 Å². The average molecular weight is 297 g/mol. The Morgan fingerprint density at radius 2 is 1.48 bits per heavy atom. The first kappa shape index (κ1) is 18.5. The van der Waals surface area contributed by atoms with Crippen molar-refractivity contribution in [1.82, 2.24) is 5.48 Å². The molecule has 0 saturated heterocycles. The van der Waals surface area contributed by atoms with Gasteiger partial charge in [-0.2, -0.15) is 5.48 Å². The summed E-state index contributed by atoms with van der Waals surface area (Å²) in [6, 6.07) is 0.394. The van der Waals surface area contributed by atoms with Crippen LogP contribution < -0.4 is 5.48 Å². The SMILES string of the molecule is CCCCCCCCCCCC(=O)ONC1CCCCC1. The Labute approximate surface area is 131 Å². The summed E-state index contributed by atoms with van der Waals surface area (Å²) in [6.07, 6.45) is 18.2. The Bertz CT molecular complexity index is 250. The third-order valence-electron chi connectivity index (χ3n) is 4.43. The molecule has 0 aliphatic heterocycles. The molecule has 0 aromatic heterocycles. The molecule has 1 aliphatic carbocycles. The molecule has 0 aromatic carbocycles. The van der Waals surface area contributed by atoms with Crippen LogP contribution in [0.5, 0.6) is 0 Å². The molecule has 1 fully saturated rings. The van der Waals surface area contributed by atoms with Crippen LogP contribution in [0.15, 0.2) is 0 Å². The Kier molecular flexibility index (Phi) is 11.5. The molecule has 3 heteroatoms. The average Bonchev–Trinajstić information content (AvgIpc) is 2.52. The Morgan fingerprint density at radius 3 is 2.10 bits per heavy atom. The summed E-state index contributed by atoms with van der Waals surface area (Å²) in [4.78, 5) is 16.8. The van der Waals surface area contributed by atoms with E-state index in [1.807, 2.05) is 0 Å². The lowest BCUT2D eigenvalue weighted by molar-refractivity contribution is -0.153. The number of rotatable bonds is 12. The number of carbonyl (C=O) groups excluding carboxylic acids is 1. The predicted molar refractivity (Wildman–Crippen MR) is 87.9 cm³/mol. The fourth-order valence-corrected chi connectivity index (χ4v) is 3.00. The fraction of sp³-hybridized carbons (Fsp3) is 0.944. The van der Waals surface area contributed by atoms with Crippen molar-refractivity contribution < 1.29 is 9.63 Å². The molecular weight excluding hydrogens is 262 g/mol. The summed E-state index contributed by atoms with van der Waals surface area (Å²) in [7, 11) is 0. The molecule has 21 heavy (non-hydrogen) atoms. The van der Waals surface area contributed by atoms with E-state index in [-0.39, 0.29) is 5.97 Å². The molecule has 124 valence electrons. The summed E-state index contributed by atoms with van der Waals surface area (Å²) in [5.74, 6) is -0.0801. The van der Waals surface area contributed by atoms with Gasteiger partial charge in [0.1, 0.15) is 0 Å². The van der Waals surface area contributed by atoms with E-state index in [1.54, 1.807) is 0 Å². The molecule has 0 unspecified atom stereocenters. The van der Waals surface area contributed by atoms with E-state index >= 15 is 0 Å². The van der Waals surface area contributed by atoms with Gasteiger partial charge in [0.2, 0.25) is 0 Å². The fourth-order valence-electron chi connectivity index (χ4n) is 3.00. The van der Waals surface area contributed by atoms with Crippen LogP contribution >= 0.6 is 0 Å². The van der Waals surface area contributed by atoms with E-state index in [4.69, 9.17) is 4.84 Å². The van der Waals surface area contributed by atoms with Crippen LogP contribution in [0.1, 0.15) is 103 Å². The minimum atomic E-state index is -0.0801. The van der Waals surface area contributed by atoms with E-state index in [2.05, 4.69) is 12.4 Å². The highest BCUT2D eigenvalue weighted by Crippen LogP contribution is 2.17. The van der Waals surface area contributed by atoms with Gasteiger partial charge in [-0.05, 0) is 19.3 Å². The highest BCUT2D eigenvalue weighted by Gasteiger charge is 2.14. The van der Waals surface area contributed by atoms with Crippen molar-refractivity contribution >= 4 is 5.97 Å². The molecule has 0 atom stereocenters. The van der Waals surface area contributed by atoms with Gasteiger partial charge < -0.3 is 4.84 Å². The first-order valence-corrected chi connectivity index (χ1v) is 9.28. The van der Waals surface area contributed by atoms with Gasteiger partial charge in [-0.1, -0.05) is 77.6 Å². The van der Waals surface area contributed by atoms with E-state index < -0.39 is 0 Å².